The summed E-state index contributed by atoms with van der Waals surface area (Å²) in [5, 5.41) is 0. The molecule has 5 nitrogen and oxygen atoms in total. The summed E-state index contributed by atoms with van der Waals surface area (Å²) in [5.74, 6) is -1.65. The Bertz CT molecular complexity index is 1260. The van der Waals surface area contributed by atoms with Crippen molar-refractivity contribution in [1.29, 1.82) is 0 Å². The Labute approximate surface area is 214 Å². The molecule has 194 valence electrons. The van der Waals surface area contributed by atoms with Gasteiger partial charge in [0.1, 0.15) is 17.5 Å². The van der Waals surface area contributed by atoms with Gasteiger partial charge < -0.3 is 15.4 Å². The van der Waals surface area contributed by atoms with Gasteiger partial charge in [0.2, 0.25) is 5.91 Å². The normalized spacial score (nSPS) is 18.5. The van der Waals surface area contributed by atoms with E-state index in [1.165, 1.54) is 24.3 Å². The number of nitrogens with zero attached hydrogens (tertiary/aromatic N) is 1. The number of rotatable bonds is 8. The first-order chi connectivity index (χ1) is 17.7. The van der Waals surface area contributed by atoms with Gasteiger partial charge in [0, 0.05) is 30.0 Å². The summed E-state index contributed by atoms with van der Waals surface area (Å²) in [7, 11) is 0. The lowest BCUT2D eigenvalue weighted by molar-refractivity contribution is -0.138. The lowest BCUT2D eigenvalue weighted by Crippen LogP contribution is -2.47. The molecule has 0 unspecified atom stereocenters. The molecule has 1 fully saturated rings. The van der Waals surface area contributed by atoms with Crippen molar-refractivity contribution < 1.29 is 27.5 Å². The lowest BCUT2D eigenvalue weighted by atomic mass is 9.69. The quantitative estimate of drug-likeness (QED) is 0.363. The van der Waals surface area contributed by atoms with Crippen LogP contribution in [0.25, 0.3) is 11.1 Å². The van der Waals surface area contributed by atoms with Crippen LogP contribution >= 0.6 is 0 Å². The zero-order valence-corrected chi connectivity index (χ0v) is 20.6. The minimum atomic E-state index is -0.844. The molecule has 2 atom stereocenters. The molecule has 37 heavy (non-hydrogen) atoms. The fraction of sp³-hybridized carbons (Fsp3) is 0.310. The van der Waals surface area contributed by atoms with E-state index in [4.69, 9.17) is 10.5 Å². The standard InChI is InChI=1S/C29H29F3N2O3/c1-19(20-3-5-21(6-4-20)25-12-11-24(31)17-26(25)32)34-15-14-29(18-27(34)35,13-2-16-37-28(33)36)22-7-9-23(30)10-8-22/h3-12,17,19H,2,13-16,18H2,1H3,(H2,33,36)/t19-,29+/m0/s1. The van der Waals surface area contributed by atoms with E-state index in [9.17, 15) is 22.8 Å². The largest absolute Gasteiger partial charge is 0.450 e. The van der Waals surface area contributed by atoms with Gasteiger partial charge in [-0.15, -0.1) is 0 Å². The molecule has 3 aromatic carbocycles. The summed E-state index contributed by atoms with van der Waals surface area (Å²) in [4.78, 5) is 26.2. The summed E-state index contributed by atoms with van der Waals surface area (Å²) >= 11 is 0. The van der Waals surface area contributed by atoms with Crippen LogP contribution in [0.3, 0.4) is 0 Å². The van der Waals surface area contributed by atoms with Gasteiger partial charge >= 0.3 is 6.09 Å². The molecule has 0 bridgehead atoms. The molecular weight excluding hydrogens is 481 g/mol. The van der Waals surface area contributed by atoms with Crippen LogP contribution in [0, 0.1) is 17.5 Å². The third-order valence-corrected chi connectivity index (χ3v) is 7.24. The summed E-state index contributed by atoms with van der Waals surface area (Å²) in [6, 6.07) is 16.7. The highest BCUT2D eigenvalue weighted by Crippen LogP contribution is 2.42. The Balaban J connectivity index is 1.50. The lowest BCUT2D eigenvalue weighted by Gasteiger charge is -2.44. The maximum Gasteiger partial charge on any atom is 0.404 e. The van der Waals surface area contributed by atoms with Gasteiger partial charge in [-0.25, -0.2) is 18.0 Å². The zero-order valence-electron chi connectivity index (χ0n) is 20.6. The van der Waals surface area contributed by atoms with E-state index < -0.39 is 23.1 Å². The molecular formula is C29H29F3N2O3. The number of hydrogen-bond acceptors (Lipinski definition) is 3. The fourth-order valence-corrected chi connectivity index (χ4v) is 5.18. The van der Waals surface area contributed by atoms with Crippen molar-refractivity contribution in [1.82, 2.24) is 4.90 Å². The molecule has 2 N–H and O–H groups in total. The number of hydrogen-bond donors (Lipinski definition) is 1. The van der Waals surface area contributed by atoms with Crippen LogP contribution in [-0.2, 0) is 14.9 Å². The van der Waals surface area contributed by atoms with Crippen LogP contribution < -0.4 is 5.73 Å². The third kappa shape index (κ3) is 5.96. The Morgan fingerprint density at radius 3 is 2.32 bits per heavy atom. The first-order valence-corrected chi connectivity index (χ1v) is 12.2. The first kappa shape index (κ1) is 26.3. The average molecular weight is 511 g/mol. The number of halogens is 3. The number of nitrogens with two attached hydrogens (primary N) is 1. The highest BCUT2D eigenvalue weighted by atomic mass is 19.1. The van der Waals surface area contributed by atoms with Gasteiger partial charge in [-0.3, -0.25) is 4.79 Å². The maximum atomic E-state index is 14.2. The van der Waals surface area contributed by atoms with Crippen molar-refractivity contribution in [3.63, 3.8) is 0 Å². The number of carbonyl (C=O) groups is 2. The monoisotopic (exact) mass is 510 g/mol. The van der Waals surface area contributed by atoms with E-state index in [2.05, 4.69) is 0 Å². The topological polar surface area (TPSA) is 72.6 Å². The molecule has 1 heterocycles. The number of piperidine rings is 1. The highest BCUT2D eigenvalue weighted by Gasteiger charge is 2.41. The molecule has 4 rings (SSSR count). The average Bonchev–Trinajstić information content (AvgIpc) is 2.87. The number of amides is 2. The minimum Gasteiger partial charge on any atom is -0.450 e. The SMILES string of the molecule is C[C@@H](c1ccc(-c2ccc(F)cc2F)cc1)N1CC[C@@](CCCOC(N)=O)(c2ccc(F)cc2)CC1=O. The van der Waals surface area contributed by atoms with E-state index in [-0.39, 0.29) is 30.8 Å². The fourth-order valence-electron chi connectivity index (χ4n) is 5.18. The predicted molar refractivity (Wildman–Crippen MR) is 134 cm³/mol. The van der Waals surface area contributed by atoms with Crippen molar-refractivity contribution in [2.45, 2.75) is 44.1 Å². The first-order valence-electron chi connectivity index (χ1n) is 12.2. The van der Waals surface area contributed by atoms with Crippen molar-refractivity contribution in [2.75, 3.05) is 13.2 Å². The van der Waals surface area contributed by atoms with Gasteiger partial charge in [0.05, 0.1) is 12.6 Å². The Hall–Kier alpha value is -3.81. The van der Waals surface area contributed by atoms with Crippen LogP contribution in [0.1, 0.15) is 49.8 Å². The van der Waals surface area contributed by atoms with Crippen LogP contribution in [0.2, 0.25) is 0 Å². The van der Waals surface area contributed by atoms with Crippen molar-refractivity contribution in [2.24, 2.45) is 5.73 Å². The van der Waals surface area contributed by atoms with Crippen LogP contribution in [-0.4, -0.2) is 30.1 Å². The van der Waals surface area contributed by atoms with Gasteiger partial charge in [-0.05, 0) is 67.1 Å². The number of ether oxygens (including phenoxy) is 1. The van der Waals surface area contributed by atoms with Gasteiger partial charge in [-0.2, -0.15) is 0 Å². The molecule has 0 spiro atoms. The Morgan fingerprint density at radius 2 is 1.70 bits per heavy atom. The molecule has 0 radical (unpaired) electrons. The molecule has 2 amide bonds. The van der Waals surface area contributed by atoms with Crippen LogP contribution in [0.4, 0.5) is 18.0 Å². The number of likely N-dealkylation sites (tertiary alicyclic amines) is 1. The second-order valence-corrected chi connectivity index (χ2v) is 9.49. The van der Waals surface area contributed by atoms with Crippen molar-refractivity contribution in [3.8, 4) is 11.1 Å². The second kappa shape index (κ2) is 11.1. The molecule has 1 saturated heterocycles. The molecule has 8 heteroatoms. The van der Waals surface area contributed by atoms with Crippen molar-refractivity contribution in [3.05, 3.63) is 95.3 Å². The summed E-state index contributed by atoms with van der Waals surface area (Å²) in [6.45, 7) is 2.58. The molecule has 3 aromatic rings. The van der Waals surface area contributed by atoms with E-state index in [1.54, 1.807) is 24.3 Å². The van der Waals surface area contributed by atoms with Gasteiger partial charge in [-0.1, -0.05) is 36.4 Å². The van der Waals surface area contributed by atoms with Gasteiger partial charge in [0.25, 0.3) is 0 Å². The predicted octanol–water partition coefficient (Wildman–Crippen LogP) is 6.27. The Kier molecular flexibility index (Phi) is 7.86. The summed E-state index contributed by atoms with van der Waals surface area (Å²) in [6.07, 6.45) is 1.15. The molecule has 0 aromatic heterocycles. The minimum absolute atomic E-state index is 0.0347. The maximum absolute atomic E-state index is 14.2. The summed E-state index contributed by atoms with van der Waals surface area (Å²) < 4.78 is 45.9. The van der Waals surface area contributed by atoms with Crippen LogP contribution in [0.15, 0.2) is 66.7 Å². The van der Waals surface area contributed by atoms with E-state index in [0.29, 0.717) is 36.9 Å². The smallest absolute Gasteiger partial charge is 0.404 e. The Morgan fingerprint density at radius 1 is 1.03 bits per heavy atom. The number of benzene rings is 3. The molecule has 1 aliphatic heterocycles. The van der Waals surface area contributed by atoms with Crippen molar-refractivity contribution >= 4 is 12.0 Å². The van der Waals surface area contributed by atoms with Crippen LogP contribution in [0.5, 0.6) is 0 Å². The molecule has 0 saturated carbocycles. The molecule has 1 aliphatic rings. The number of primary amides is 1. The second-order valence-electron chi connectivity index (χ2n) is 9.49. The van der Waals surface area contributed by atoms with Gasteiger partial charge in [0.15, 0.2) is 0 Å². The molecule has 0 aliphatic carbocycles. The van der Waals surface area contributed by atoms with E-state index in [0.717, 1.165) is 17.2 Å². The highest BCUT2D eigenvalue weighted by molar-refractivity contribution is 5.79. The number of carbonyl (C=O) groups excluding carboxylic acids is 2. The zero-order chi connectivity index (χ0) is 26.6. The van der Waals surface area contributed by atoms with E-state index in [1.807, 2.05) is 24.0 Å². The summed E-state index contributed by atoms with van der Waals surface area (Å²) in [5.41, 5.74) is 7.24. The van der Waals surface area contributed by atoms with E-state index >= 15 is 0 Å². The third-order valence-electron chi connectivity index (χ3n) is 7.24.